The number of rotatable bonds is 7. The van der Waals surface area contributed by atoms with E-state index in [4.69, 9.17) is 9.72 Å². The Labute approximate surface area is 519 Å². The van der Waals surface area contributed by atoms with Crippen molar-refractivity contribution in [2.24, 2.45) is 0 Å². The van der Waals surface area contributed by atoms with E-state index in [0.717, 1.165) is 45.2 Å². The van der Waals surface area contributed by atoms with Crippen LogP contribution >= 0.6 is 0 Å². The second-order valence-corrected chi connectivity index (χ2v) is 31.4. The molecule has 11 aromatic rings. The molecule has 0 bridgehead atoms. The van der Waals surface area contributed by atoms with Crippen LogP contribution in [-0.2, 0) is 42.7 Å². The molecule has 5 heterocycles. The van der Waals surface area contributed by atoms with E-state index in [-0.39, 0.29) is 49.4 Å². The van der Waals surface area contributed by atoms with E-state index in [1.807, 2.05) is 12.3 Å². The molecule has 9 aromatic carbocycles. The molecule has 0 fully saturated rings. The number of benzene rings is 9. The van der Waals surface area contributed by atoms with Crippen molar-refractivity contribution in [3.63, 3.8) is 0 Å². The maximum atomic E-state index is 7.31. The van der Waals surface area contributed by atoms with Crippen molar-refractivity contribution < 1.29 is 25.8 Å². The molecule has 0 saturated heterocycles. The summed E-state index contributed by atoms with van der Waals surface area (Å²) < 4.78 is 9.65. The van der Waals surface area contributed by atoms with Crippen LogP contribution in [0.15, 0.2) is 194 Å². The van der Waals surface area contributed by atoms with Gasteiger partial charge in [0.2, 0.25) is 6.71 Å². The van der Waals surface area contributed by atoms with Crippen molar-refractivity contribution in [1.29, 1.82) is 0 Å². The summed E-state index contributed by atoms with van der Waals surface area (Å²) in [6.45, 7) is 32.6. The number of para-hydroxylation sites is 2. The van der Waals surface area contributed by atoms with Crippen LogP contribution in [0.5, 0.6) is 11.5 Å². The SMILES string of the molecule is CB1c2ccccc2[Si]2(c3ccccc31)c1cc(Oc3[c-]c(N4[CH-]N(c5c(-c6ccccc6)cc(C(C)(C)C)cc5-c5cc(C(C)(C)C)cc(C(C)(C)C)c5)c5ccccc54)ccc3)[c-]c3c1c1c2cccc1n3-c1cc(C(C)(C)C)ccn1.[Pt]. The predicted octanol–water partition coefficient (Wildman–Crippen LogP) is 15.7. The van der Waals surface area contributed by atoms with Gasteiger partial charge in [-0.1, -0.05) is 238 Å². The summed E-state index contributed by atoms with van der Waals surface area (Å²) in [5, 5.41) is 8.17. The first-order chi connectivity index (χ1) is 40.1. The zero-order valence-corrected chi connectivity index (χ0v) is 54.4. The summed E-state index contributed by atoms with van der Waals surface area (Å²) >= 11 is 0. The van der Waals surface area contributed by atoms with Crippen molar-refractivity contribution in [2.45, 2.75) is 112 Å². The number of anilines is 4. The number of pyridine rings is 1. The van der Waals surface area contributed by atoms with Gasteiger partial charge < -0.3 is 19.1 Å². The Morgan fingerprint density at radius 2 is 1.02 bits per heavy atom. The predicted molar refractivity (Wildman–Crippen MR) is 358 cm³/mol. The second-order valence-electron chi connectivity index (χ2n) is 27.8. The first-order valence-electron chi connectivity index (χ1n) is 29.9. The van der Waals surface area contributed by atoms with Gasteiger partial charge in [-0.2, -0.15) is 6.07 Å². The van der Waals surface area contributed by atoms with Gasteiger partial charge in [-0.3, -0.25) is 0 Å². The van der Waals surface area contributed by atoms with Gasteiger partial charge in [0.1, 0.15) is 5.82 Å². The summed E-state index contributed by atoms with van der Waals surface area (Å²) in [5.74, 6) is 2.13. The molecular weight excluding hydrogens is 1230 g/mol. The fourth-order valence-electron chi connectivity index (χ4n) is 13.7. The summed E-state index contributed by atoms with van der Waals surface area (Å²) in [5.41, 5.74) is 18.6. The minimum absolute atomic E-state index is 0. The van der Waals surface area contributed by atoms with Gasteiger partial charge in [-0.15, -0.1) is 53.3 Å². The van der Waals surface area contributed by atoms with E-state index < -0.39 is 8.07 Å². The maximum absolute atomic E-state index is 7.31. The van der Waals surface area contributed by atoms with Crippen molar-refractivity contribution in [3.8, 4) is 39.6 Å². The maximum Gasteiger partial charge on any atom is 0.206 e. The molecule has 0 saturated carbocycles. The number of fused-ring (bicyclic) bond motifs is 7. The van der Waals surface area contributed by atoms with Gasteiger partial charge >= 0.3 is 0 Å². The molecule has 0 N–H and O–H groups in total. The van der Waals surface area contributed by atoms with Crippen LogP contribution in [0.1, 0.15) is 105 Å². The van der Waals surface area contributed by atoms with Crippen LogP contribution in [0.4, 0.5) is 22.7 Å². The molecule has 0 aliphatic carbocycles. The number of nitrogens with zero attached hydrogens (tertiary/aromatic N) is 4. The number of hydrogen-bond acceptors (Lipinski definition) is 4. The summed E-state index contributed by atoms with van der Waals surface area (Å²) in [7, 11) is -2.94. The Balaban J connectivity index is 0.00000672. The monoisotopic (exact) mass is 1300 g/mol. The summed E-state index contributed by atoms with van der Waals surface area (Å²) in [6.07, 6.45) is 1.96. The third-order valence-electron chi connectivity index (χ3n) is 18.2. The summed E-state index contributed by atoms with van der Waals surface area (Å²) in [4.78, 5) is 9.83. The first kappa shape index (κ1) is 56.4. The van der Waals surface area contributed by atoms with Crippen molar-refractivity contribution >= 4 is 91.0 Å². The fraction of sp³-hybridized carbons (Fsp3) is 0.221. The van der Waals surface area contributed by atoms with E-state index in [1.165, 1.54) is 81.4 Å². The Kier molecular flexibility index (Phi) is 13.4. The summed E-state index contributed by atoms with van der Waals surface area (Å²) in [6, 6.07) is 78.2. The van der Waals surface area contributed by atoms with E-state index in [1.54, 1.807) is 0 Å². The van der Waals surface area contributed by atoms with E-state index in [0.29, 0.717) is 11.5 Å². The average molecular weight is 1300 g/mol. The molecule has 85 heavy (non-hydrogen) atoms. The third-order valence-corrected chi connectivity index (χ3v) is 23.2. The van der Waals surface area contributed by atoms with Crippen LogP contribution in [0.2, 0.25) is 6.82 Å². The van der Waals surface area contributed by atoms with Crippen LogP contribution in [-0.4, -0.2) is 24.3 Å². The minimum Gasteiger partial charge on any atom is -0.509 e. The Bertz CT molecular complexity index is 4400. The Morgan fingerprint density at radius 3 is 1.66 bits per heavy atom. The standard InChI is InChI=1S/C77H72BN4OSi.Pt/c1-74(2,3)51-37-38-79-70(44-51)82-64-33-24-36-68-71(64)72-65(82)46-57(47-69(72)84(68)66-34-21-17-29-60(66)78(13)61-30-18-22-35-67(61)84)83-56-28-23-27-55(45-56)80-48-81(63-32-20-19-31-62(63)80)73-58(49-25-15-14-16-26-49)42-54(77(10,11)12)43-59(73)50-39-52(75(4,5)6)41-53(40-50)76(7,8)9;/h14-44,47-48H,1-13H3;/q-3;. The van der Waals surface area contributed by atoms with E-state index in [2.05, 4.69) is 305 Å². The molecule has 2 aromatic heterocycles. The smallest absolute Gasteiger partial charge is 0.206 e. The van der Waals surface area contributed by atoms with Gasteiger partial charge in [-0.25, -0.2) is 4.98 Å². The molecule has 8 heteroatoms. The van der Waals surface area contributed by atoms with Gasteiger partial charge in [0, 0.05) is 72.5 Å². The van der Waals surface area contributed by atoms with Crippen molar-refractivity contribution in [1.82, 2.24) is 9.55 Å². The van der Waals surface area contributed by atoms with Crippen LogP contribution in [0, 0.1) is 18.8 Å². The largest absolute Gasteiger partial charge is 0.509 e. The van der Waals surface area contributed by atoms with Crippen molar-refractivity contribution in [2.75, 3.05) is 9.80 Å². The Hall–Kier alpha value is -7.70. The van der Waals surface area contributed by atoms with Gasteiger partial charge in [0.25, 0.3) is 0 Å². The molecule has 0 radical (unpaired) electrons. The van der Waals surface area contributed by atoms with Crippen LogP contribution < -0.4 is 46.2 Å². The number of hydrogen-bond donors (Lipinski definition) is 0. The molecule has 0 amide bonds. The molecule has 0 unspecified atom stereocenters. The molecule has 0 atom stereocenters. The zero-order valence-electron chi connectivity index (χ0n) is 51.1. The fourth-order valence-corrected chi connectivity index (χ4v) is 19.6. The molecule has 14 rings (SSSR count). The minimum atomic E-state index is -2.94. The van der Waals surface area contributed by atoms with Gasteiger partial charge in [-0.05, 0) is 108 Å². The molecule has 426 valence electrons. The quantitative estimate of drug-likeness (QED) is 0.118. The topological polar surface area (TPSA) is 33.5 Å². The molecule has 5 nitrogen and oxygen atoms in total. The zero-order chi connectivity index (χ0) is 58.4. The molecule has 3 aliphatic heterocycles. The molecule has 1 spiro atoms. The molecule has 3 aliphatic rings. The van der Waals surface area contributed by atoms with Crippen LogP contribution in [0.3, 0.4) is 0 Å². The van der Waals surface area contributed by atoms with E-state index in [9.17, 15) is 0 Å². The normalized spacial score (nSPS) is 14.3. The number of ether oxygens (including phenoxy) is 1. The van der Waals surface area contributed by atoms with Crippen molar-refractivity contribution in [3.05, 3.63) is 235 Å². The van der Waals surface area contributed by atoms with E-state index >= 15 is 0 Å². The van der Waals surface area contributed by atoms with Crippen LogP contribution in [0.25, 0.3) is 49.9 Å². The first-order valence-corrected chi connectivity index (χ1v) is 31.9. The average Bonchev–Trinajstić information content (AvgIpc) is 1.53. The van der Waals surface area contributed by atoms with Gasteiger partial charge in [0.15, 0.2) is 8.07 Å². The molecular formula is C77H72BN4OPtSi-3. The Morgan fingerprint density at radius 1 is 0.471 bits per heavy atom. The number of aromatic nitrogens is 2. The third kappa shape index (κ3) is 9.09. The van der Waals surface area contributed by atoms with Gasteiger partial charge in [0.05, 0.1) is 0 Å². The second kappa shape index (κ2) is 20.2.